The van der Waals surface area contributed by atoms with Crippen LogP contribution in [-0.4, -0.2) is 17.0 Å². The van der Waals surface area contributed by atoms with Crippen molar-refractivity contribution < 1.29 is 9.50 Å². The summed E-state index contributed by atoms with van der Waals surface area (Å²) in [5.41, 5.74) is 0. The molecule has 0 aliphatic rings. The summed E-state index contributed by atoms with van der Waals surface area (Å²) in [4.78, 5) is 1.53. The zero-order valence-corrected chi connectivity index (χ0v) is 11.9. The fourth-order valence-electron chi connectivity index (χ4n) is 1.49. The molecule has 0 radical (unpaired) electrons. The van der Waals surface area contributed by atoms with Crippen molar-refractivity contribution in [1.29, 1.82) is 0 Å². The SMILES string of the molecule is OC(CSc1ccccc1F)Cc1sccc1Cl. The molecule has 0 amide bonds. The van der Waals surface area contributed by atoms with E-state index in [-0.39, 0.29) is 5.82 Å². The molecule has 0 spiro atoms. The summed E-state index contributed by atoms with van der Waals surface area (Å²) in [6.07, 6.45) is -0.0106. The molecule has 1 unspecified atom stereocenters. The maximum Gasteiger partial charge on any atom is 0.136 e. The van der Waals surface area contributed by atoms with Crippen molar-refractivity contribution in [3.63, 3.8) is 0 Å². The molecule has 1 aromatic heterocycles. The van der Waals surface area contributed by atoms with Crippen LogP contribution in [0.3, 0.4) is 0 Å². The van der Waals surface area contributed by atoms with Gasteiger partial charge in [-0.15, -0.1) is 23.1 Å². The van der Waals surface area contributed by atoms with E-state index in [4.69, 9.17) is 11.6 Å². The van der Waals surface area contributed by atoms with Crippen LogP contribution in [0.4, 0.5) is 4.39 Å². The maximum absolute atomic E-state index is 13.4. The van der Waals surface area contributed by atoms with E-state index in [9.17, 15) is 9.50 Å². The average molecular weight is 303 g/mol. The Balaban J connectivity index is 1.87. The molecule has 1 heterocycles. The normalized spacial score (nSPS) is 12.6. The minimum Gasteiger partial charge on any atom is -0.392 e. The Labute approximate surface area is 119 Å². The highest BCUT2D eigenvalue weighted by Gasteiger charge is 2.11. The van der Waals surface area contributed by atoms with Crippen molar-refractivity contribution in [2.24, 2.45) is 0 Å². The van der Waals surface area contributed by atoms with Crippen LogP contribution < -0.4 is 0 Å². The Kier molecular flexibility index (Phi) is 5.06. The smallest absolute Gasteiger partial charge is 0.136 e. The van der Waals surface area contributed by atoms with Crippen LogP contribution in [0.2, 0.25) is 5.02 Å². The third kappa shape index (κ3) is 3.72. The molecule has 0 saturated heterocycles. The zero-order valence-electron chi connectivity index (χ0n) is 9.48. The summed E-state index contributed by atoms with van der Waals surface area (Å²) in [5, 5.41) is 12.5. The van der Waals surface area contributed by atoms with Crippen LogP contribution in [0.1, 0.15) is 4.88 Å². The van der Waals surface area contributed by atoms with Crippen molar-refractivity contribution in [3.05, 3.63) is 51.4 Å². The summed E-state index contributed by atoms with van der Waals surface area (Å²) in [6, 6.07) is 8.39. The first-order valence-electron chi connectivity index (χ1n) is 5.44. The van der Waals surface area contributed by atoms with Gasteiger partial charge in [0, 0.05) is 21.9 Å². The molecule has 0 aliphatic heterocycles. The van der Waals surface area contributed by atoms with Crippen molar-refractivity contribution in [2.45, 2.75) is 17.4 Å². The lowest BCUT2D eigenvalue weighted by Crippen LogP contribution is -2.13. The van der Waals surface area contributed by atoms with Gasteiger partial charge in [0.1, 0.15) is 5.82 Å². The zero-order chi connectivity index (χ0) is 13.0. The Morgan fingerprint density at radius 1 is 1.33 bits per heavy atom. The Morgan fingerprint density at radius 2 is 2.11 bits per heavy atom. The molecular weight excluding hydrogens is 291 g/mol. The number of halogens is 2. The molecule has 0 fully saturated rings. The van der Waals surface area contributed by atoms with Gasteiger partial charge in [-0.2, -0.15) is 0 Å². The van der Waals surface area contributed by atoms with Gasteiger partial charge in [0.2, 0.25) is 0 Å². The molecule has 0 aliphatic carbocycles. The highest BCUT2D eigenvalue weighted by atomic mass is 35.5. The van der Waals surface area contributed by atoms with Crippen molar-refractivity contribution in [2.75, 3.05) is 5.75 Å². The fraction of sp³-hybridized carbons (Fsp3) is 0.231. The summed E-state index contributed by atoms with van der Waals surface area (Å²) in [6.45, 7) is 0. The van der Waals surface area contributed by atoms with Crippen LogP contribution in [0.25, 0.3) is 0 Å². The van der Waals surface area contributed by atoms with E-state index in [0.29, 0.717) is 22.1 Å². The first-order valence-corrected chi connectivity index (χ1v) is 7.68. The number of aliphatic hydroxyl groups is 1. The van der Waals surface area contributed by atoms with Crippen LogP contribution in [-0.2, 0) is 6.42 Å². The highest BCUT2D eigenvalue weighted by Crippen LogP contribution is 2.26. The predicted molar refractivity (Wildman–Crippen MR) is 76.2 cm³/mol. The number of hydrogen-bond acceptors (Lipinski definition) is 3. The first-order chi connectivity index (χ1) is 8.66. The van der Waals surface area contributed by atoms with Gasteiger partial charge in [0.15, 0.2) is 0 Å². The molecule has 1 aromatic carbocycles. The molecule has 96 valence electrons. The Bertz CT molecular complexity index is 515. The number of aliphatic hydroxyl groups excluding tert-OH is 1. The third-order valence-electron chi connectivity index (χ3n) is 2.38. The van der Waals surface area contributed by atoms with Gasteiger partial charge in [-0.05, 0) is 23.6 Å². The van der Waals surface area contributed by atoms with Crippen LogP contribution >= 0.6 is 34.7 Å². The largest absolute Gasteiger partial charge is 0.392 e. The van der Waals surface area contributed by atoms with Gasteiger partial charge in [0.05, 0.1) is 11.1 Å². The lowest BCUT2D eigenvalue weighted by molar-refractivity contribution is 0.201. The molecule has 1 atom stereocenters. The van der Waals surface area contributed by atoms with Crippen LogP contribution in [0.15, 0.2) is 40.6 Å². The van der Waals surface area contributed by atoms with Gasteiger partial charge in [0.25, 0.3) is 0 Å². The number of hydrogen-bond donors (Lipinski definition) is 1. The molecule has 0 saturated carbocycles. The monoisotopic (exact) mass is 302 g/mol. The van der Waals surface area contributed by atoms with E-state index >= 15 is 0 Å². The van der Waals surface area contributed by atoms with Gasteiger partial charge in [-0.1, -0.05) is 23.7 Å². The number of thiophene rings is 1. The van der Waals surface area contributed by atoms with E-state index < -0.39 is 6.10 Å². The van der Waals surface area contributed by atoms with Gasteiger partial charge in [-0.3, -0.25) is 0 Å². The van der Waals surface area contributed by atoms with Crippen molar-refractivity contribution in [3.8, 4) is 0 Å². The average Bonchev–Trinajstić information content (AvgIpc) is 2.74. The highest BCUT2D eigenvalue weighted by molar-refractivity contribution is 7.99. The molecule has 18 heavy (non-hydrogen) atoms. The quantitative estimate of drug-likeness (QED) is 0.834. The number of rotatable bonds is 5. The first kappa shape index (κ1) is 13.9. The lowest BCUT2D eigenvalue weighted by Gasteiger charge is -2.09. The molecular formula is C13H12ClFOS2. The Hall–Kier alpha value is -0.550. The Morgan fingerprint density at radius 3 is 2.78 bits per heavy atom. The van der Waals surface area contributed by atoms with E-state index in [0.717, 1.165) is 4.88 Å². The second-order valence-electron chi connectivity index (χ2n) is 3.79. The van der Waals surface area contributed by atoms with Gasteiger partial charge in [-0.25, -0.2) is 4.39 Å². The molecule has 1 nitrogen and oxygen atoms in total. The van der Waals surface area contributed by atoms with Gasteiger partial charge < -0.3 is 5.11 Å². The molecule has 2 aromatic rings. The van der Waals surface area contributed by atoms with Gasteiger partial charge >= 0.3 is 0 Å². The number of benzene rings is 1. The van der Waals surface area contributed by atoms with E-state index in [1.807, 2.05) is 11.4 Å². The van der Waals surface area contributed by atoms with E-state index in [2.05, 4.69) is 0 Å². The van der Waals surface area contributed by atoms with E-state index in [1.165, 1.54) is 29.2 Å². The molecule has 1 N–H and O–H groups in total. The van der Waals surface area contributed by atoms with E-state index in [1.54, 1.807) is 18.2 Å². The standard InChI is InChI=1S/C13H12ClFOS2/c14-10-5-6-17-13(10)7-9(16)8-18-12-4-2-1-3-11(12)15/h1-6,9,16H,7-8H2. The summed E-state index contributed by atoms with van der Waals surface area (Å²) >= 11 is 8.81. The molecule has 5 heteroatoms. The summed E-state index contributed by atoms with van der Waals surface area (Å²) in [7, 11) is 0. The van der Waals surface area contributed by atoms with Crippen LogP contribution in [0, 0.1) is 5.82 Å². The summed E-state index contributed by atoms with van der Waals surface area (Å²) < 4.78 is 13.4. The second kappa shape index (κ2) is 6.57. The van der Waals surface area contributed by atoms with Crippen molar-refractivity contribution in [1.82, 2.24) is 0 Å². The fourth-order valence-corrected chi connectivity index (χ4v) is 3.55. The van der Waals surface area contributed by atoms with Crippen molar-refractivity contribution >= 4 is 34.7 Å². The topological polar surface area (TPSA) is 20.2 Å². The maximum atomic E-state index is 13.4. The summed E-state index contributed by atoms with van der Waals surface area (Å²) in [5.74, 6) is 0.207. The lowest BCUT2D eigenvalue weighted by atomic mass is 10.2. The second-order valence-corrected chi connectivity index (χ2v) is 6.26. The minimum absolute atomic E-state index is 0.246. The number of thioether (sulfide) groups is 1. The van der Waals surface area contributed by atoms with Crippen LogP contribution in [0.5, 0.6) is 0 Å². The minimum atomic E-state index is -0.522. The third-order valence-corrected chi connectivity index (χ3v) is 4.98. The molecule has 0 bridgehead atoms. The predicted octanol–water partition coefficient (Wildman–Crippen LogP) is 4.24. The molecule has 2 rings (SSSR count).